The molecule has 0 radical (unpaired) electrons. The fourth-order valence-corrected chi connectivity index (χ4v) is 1.85. The molecule has 1 aromatic heterocycles. The quantitative estimate of drug-likeness (QED) is 0.917. The van der Waals surface area contributed by atoms with Gasteiger partial charge in [0.25, 0.3) is 5.56 Å². The van der Waals surface area contributed by atoms with Crippen LogP contribution in [0.5, 0.6) is 0 Å². The fourth-order valence-electron chi connectivity index (χ4n) is 1.68. The molecule has 0 aliphatic rings. The molecule has 0 saturated heterocycles. The Hall–Kier alpha value is -1.81. The van der Waals surface area contributed by atoms with E-state index in [-0.39, 0.29) is 16.1 Å². The van der Waals surface area contributed by atoms with E-state index >= 15 is 0 Å². The Bertz CT molecular complexity index is 629. The molecule has 1 aromatic carbocycles. The van der Waals surface area contributed by atoms with Gasteiger partial charge in [-0.2, -0.15) is 9.78 Å². The van der Waals surface area contributed by atoms with Gasteiger partial charge in [-0.1, -0.05) is 29.8 Å². The molecular formula is C14H16ClN3O. The maximum absolute atomic E-state index is 12.2. The van der Waals surface area contributed by atoms with Crippen molar-refractivity contribution in [2.45, 2.75) is 26.3 Å². The van der Waals surface area contributed by atoms with Gasteiger partial charge in [0.15, 0.2) is 0 Å². The smallest absolute Gasteiger partial charge is 0.292 e. The van der Waals surface area contributed by atoms with E-state index in [2.05, 4.69) is 10.4 Å². The van der Waals surface area contributed by atoms with Crippen molar-refractivity contribution >= 4 is 17.3 Å². The number of aromatic nitrogens is 2. The van der Waals surface area contributed by atoms with Gasteiger partial charge in [-0.05, 0) is 32.9 Å². The second-order valence-electron chi connectivity index (χ2n) is 5.30. The second kappa shape index (κ2) is 5.05. The number of nitrogens with one attached hydrogen (secondary N) is 1. The molecular weight excluding hydrogens is 262 g/mol. The summed E-state index contributed by atoms with van der Waals surface area (Å²) in [4.78, 5) is 12.2. The summed E-state index contributed by atoms with van der Waals surface area (Å²) in [6.45, 7) is 5.98. The third-order valence-electron chi connectivity index (χ3n) is 2.43. The predicted octanol–water partition coefficient (Wildman–Crippen LogP) is 3.10. The first-order valence-electron chi connectivity index (χ1n) is 6.00. The Morgan fingerprint density at radius 3 is 2.42 bits per heavy atom. The van der Waals surface area contributed by atoms with Crippen molar-refractivity contribution in [3.05, 3.63) is 51.9 Å². The van der Waals surface area contributed by atoms with Gasteiger partial charge in [0.2, 0.25) is 0 Å². The molecule has 19 heavy (non-hydrogen) atoms. The van der Waals surface area contributed by atoms with Gasteiger partial charge in [0.05, 0.1) is 17.6 Å². The van der Waals surface area contributed by atoms with Crippen molar-refractivity contribution in [2.75, 3.05) is 5.32 Å². The highest BCUT2D eigenvalue weighted by atomic mass is 35.5. The minimum Gasteiger partial charge on any atom is -0.378 e. The summed E-state index contributed by atoms with van der Waals surface area (Å²) < 4.78 is 1.29. The van der Waals surface area contributed by atoms with E-state index in [1.165, 1.54) is 4.68 Å². The van der Waals surface area contributed by atoms with Crippen LogP contribution in [0, 0.1) is 0 Å². The SMILES string of the molecule is CC(C)(C)Nc1cnn(-c2ccccc2)c(=O)c1Cl. The molecule has 0 aliphatic heterocycles. The maximum Gasteiger partial charge on any atom is 0.292 e. The molecule has 2 aromatic rings. The lowest BCUT2D eigenvalue weighted by molar-refractivity contribution is 0.631. The second-order valence-corrected chi connectivity index (χ2v) is 5.68. The van der Waals surface area contributed by atoms with Crippen LogP contribution >= 0.6 is 11.6 Å². The van der Waals surface area contributed by atoms with Crippen molar-refractivity contribution in [3.8, 4) is 5.69 Å². The number of anilines is 1. The largest absolute Gasteiger partial charge is 0.378 e. The Morgan fingerprint density at radius 1 is 1.21 bits per heavy atom. The van der Waals surface area contributed by atoms with E-state index < -0.39 is 0 Å². The predicted molar refractivity (Wildman–Crippen MR) is 78.2 cm³/mol. The van der Waals surface area contributed by atoms with Crippen LogP contribution in [0.1, 0.15) is 20.8 Å². The lowest BCUT2D eigenvalue weighted by Gasteiger charge is -2.22. The van der Waals surface area contributed by atoms with Gasteiger partial charge in [-0.25, -0.2) is 0 Å². The van der Waals surface area contributed by atoms with Crippen LogP contribution in [-0.4, -0.2) is 15.3 Å². The van der Waals surface area contributed by atoms with E-state index in [9.17, 15) is 4.79 Å². The highest BCUT2D eigenvalue weighted by Gasteiger charge is 2.15. The van der Waals surface area contributed by atoms with Crippen molar-refractivity contribution in [3.63, 3.8) is 0 Å². The zero-order valence-electron chi connectivity index (χ0n) is 11.1. The number of rotatable bonds is 2. The molecule has 100 valence electrons. The third-order valence-corrected chi connectivity index (χ3v) is 2.79. The first kappa shape index (κ1) is 13.6. The Kier molecular flexibility index (Phi) is 3.62. The fraction of sp³-hybridized carbons (Fsp3) is 0.286. The summed E-state index contributed by atoms with van der Waals surface area (Å²) in [7, 11) is 0. The molecule has 0 amide bonds. The van der Waals surface area contributed by atoms with E-state index in [1.54, 1.807) is 6.20 Å². The summed E-state index contributed by atoms with van der Waals surface area (Å²) >= 11 is 6.12. The van der Waals surface area contributed by atoms with Crippen LogP contribution in [0.4, 0.5) is 5.69 Å². The molecule has 4 nitrogen and oxygen atoms in total. The first-order chi connectivity index (χ1) is 8.88. The molecule has 0 saturated carbocycles. The monoisotopic (exact) mass is 277 g/mol. The highest BCUT2D eigenvalue weighted by molar-refractivity contribution is 6.33. The van der Waals surface area contributed by atoms with Gasteiger partial charge in [-0.3, -0.25) is 4.79 Å². The average Bonchev–Trinajstić information content (AvgIpc) is 2.35. The van der Waals surface area contributed by atoms with Crippen LogP contribution in [0.3, 0.4) is 0 Å². The van der Waals surface area contributed by atoms with Crippen molar-refractivity contribution in [1.82, 2.24) is 9.78 Å². The molecule has 5 heteroatoms. The first-order valence-corrected chi connectivity index (χ1v) is 6.38. The summed E-state index contributed by atoms with van der Waals surface area (Å²) in [6.07, 6.45) is 1.57. The molecule has 0 spiro atoms. The number of nitrogens with zero attached hydrogens (tertiary/aromatic N) is 2. The van der Waals surface area contributed by atoms with Crippen LogP contribution in [0.25, 0.3) is 5.69 Å². The average molecular weight is 278 g/mol. The Balaban J connectivity index is 2.47. The lowest BCUT2D eigenvalue weighted by Crippen LogP contribution is -2.29. The topological polar surface area (TPSA) is 46.9 Å². The zero-order valence-corrected chi connectivity index (χ0v) is 11.9. The summed E-state index contributed by atoms with van der Waals surface area (Å²) in [5.74, 6) is 0. The van der Waals surface area contributed by atoms with Crippen molar-refractivity contribution in [1.29, 1.82) is 0 Å². The molecule has 2 rings (SSSR count). The third kappa shape index (κ3) is 3.15. The number of para-hydroxylation sites is 1. The minimum atomic E-state index is -0.331. The summed E-state index contributed by atoms with van der Waals surface area (Å²) in [5, 5.41) is 7.46. The summed E-state index contributed by atoms with van der Waals surface area (Å²) in [6, 6.07) is 9.19. The lowest BCUT2D eigenvalue weighted by atomic mass is 10.1. The Labute approximate surface area is 117 Å². The van der Waals surface area contributed by atoms with Gasteiger partial charge in [0, 0.05) is 5.54 Å². The Morgan fingerprint density at radius 2 is 1.84 bits per heavy atom. The van der Waals surface area contributed by atoms with Gasteiger partial charge in [0.1, 0.15) is 5.02 Å². The zero-order chi connectivity index (χ0) is 14.0. The van der Waals surface area contributed by atoms with Crippen LogP contribution in [-0.2, 0) is 0 Å². The maximum atomic E-state index is 12.2. The molecule has 0 unspecified atom stereocenters. The van der Waals surface area contributed by atoms with Crippen molar-refractivity contribution in [2.24, 2.45) is 0 Å². The van der Waals surface area contributed by atoms with Crippen molar-refractivity contribution < 1.29 is 0 Å². The van der Waals surface area contributed by atoms with E-state index in [1.807, 2.05) is 51.1 Å². The van der Waals surface area contributed by atoms with Gasteiger partial charge < -0.3 is 5.32 Å². The number of halogens is 1. The molecule has 1 heterocycles. The van der Waals surface area contributed by atoms with Crippen LogP contribution < -0.4 is 10.9 Å². The number of hydrogen-bond donors (Lipinski definition) is 1. The van der Waals surface area contributed by atoms with Crippen LogP contribution in [0.2, 0.25) is 5.02 Å². The minimum absolute atomic E-state index is 0.147. The molecule has 0 atom stereocenters. The highest BCUT2D eigenvalue weighted by Crippen LogP contribution is 2.20. The molecule has 0 bridgehead atoms. The summed E-state index contributed by atoms with van der Waals surface area (Å²) in [5.41, 5.74) is 0.724. The molecule has 0 aliphatic carbocycles. The van der Waals surface area contributed by atoms with E-state index in [0.717, 1.165) is 0 Å². The van der Waals surface area contributed by atoms with Gasteiger partial charge >= 0.3 is 0 Å². The standard InChI is InChI=1S/C14H16ClN3O/c1-14(2,3)17-11-9-16-18(13(19)12(11)15)10-7-5-4-6-8-10/h4-9,17H,1-3H3. The molecule has 0 fully saturated rings. The molecule has 1 N–H and O–H groups in total. The van der Waals surface area contributed by atoms with Crippen LogP contribution in [0.15, 0.2) is 41.3 Å². The number of benzene rings is 1. The number of hydrogen-bond acceptors (Lipinski definition) is 3. The normalized spacial score (nSPS) is 11.4. The van der Waals surface area contributed by atoms with E-state index in [0.29, 0.717) is 11.4 Å². The van der Waals surface area contributed by atoms with Gasteiger partial charge in [-0.15, -0.1) is 0 Å². The van der Waals surface area contributed by atoms with E-state index in [4.69, 9.17) is 11.6 Å².